The third-order valence-electron chi connectivity index (χ3n) is 3.59. The van der Waals surface area contributed by atoms with E-state index in [1.54, 1.807) is 0 Å². The molecule has 1 unspecified atom stereocenters. The minimum atomic E-state index is 0.0853. The van der Waals surface area contributed by atoms with Crippen LogP contribution in [-0.2, 0) is 13.1 Å². The molecule has 1 aromatic heterocycles. The van der Waals surface area contributed by atoms with Gasteiger partial charge in [-0.2, -0.15) is 0 Å². The first-order valence-electron chi connectivity index (χ1n) is 7.37. The molecule has 5 heteroatoms. The van der Waals surface area contributed by atoms with Crippen LogP contribution in [0.15, 0.2) is 30.5 Å². The topological polar surface area (TPSA) is 52.0 Å². The van der Waals surface area contributed by atoms with Crippen LogP contribution in [0.25, 0.3) is 0 Å². The molecule has 21 heavy (non-hydrogen) atoms. The molecule has 112 valence electrons. The second kappa shape index (κ2) is 5.48. The van der Waals surface area contributed by atoms with E-state index in [9.17, 15) is 0 Å². The van der Waals surface area contributed by atoms with Crippen LogP contribution in [0.2, 0.25) is 0 Å². The molecule has 0 spiro atoms. The molecular weight excluding hydrogens is 264 g/mol. The van der Waals surface area contributed by atoms with Crippen LogP contribution in [0, 0.1) is 0 Å². The van der Waals surface area contributed by atoms with Gasteiger partial charge in [-0.15, -0.1) is 5.10 Å². The van der Waals surface area contributed by atoms with E-state index >= 15 is 0 Å². The van der Waals surface area contributed by atoms with Gasteiger partial charge in [0.25, 0.3) is 0 Å². The lowest BCUT2D eigenvalue weighted by Crippen LogP contribution is -2.35. The zero-order chi connectivity index (χ0) is 14.9. The number of hydrogen-bond donors (Lipinski definition) is 1. The molecule has 0 aliphatic carbocycles. The van der Waals surface area contributed by atoms with E-state index < -0.39 is 0 Å². The van der Waals surface area contributed by atoms with Crippen LogP contribution < -0.4 is 10.1 Å². The maximum Gasteiger partial charge on any atom is 0.122 e. The van der Waals surface area contributed by atoms with Gasteiger partial charge >= 0.3 is 0 Å². The summed E-state index contributed by atoms with van der Waals surface area (Å²) in [5.41, 5.74) is 2.32. The van der Waals surface area contributed by atoms with Gasteiger partial charge in [0, 0.05) is 29.8 Å². The molecule has 1 atom stereocenters. The zero-order valence-corrected chi connectivity index (χ0v) is 12.8. The smallest absolute Gasteiger partial charge is 0.122 e. The van der Waals surface area contributed by atoms with Crippen molar-refractivity contribution in [3.8, 4) is 5.75 Å². The fourth-order valence-corrected chi connectivity index (χ4v) is 2.47. The van der Waals surface area contributed by atoms with Gasteiger partial charge in [0.05, 0.1) is 18.8 Å². The summed E-state index contributed by atoms with van der Waals surface area (Å²) in [7, 11) is 0. The zero-order valence-electron chi connectivity index (χ0n) is 12.8. The minimum absolute atomic E-state index is 0.0853. The Kier molecular flexibility index (Phi) is 3.68. The van der Waals surface area contributed by atoms with Gasteiger partial charge in [0.15, 0.2) is 0 Å². The predicted octanol–water partition coefficient (Wildman–Crippen LogP) is 2.34. The molecule has 0 bridgehead atoms. The monoisotopic (exact) mass is 286 g/mol. The lowest BCUT2D eigenvalue weighted by atomic mass is 10.0. The Morgan fingerprint density at radius 3 is 2.95 bits per heavy atom. The van der Waals surface area contributed by atoms with E-state index in [2.05, 4.69) is 48.5 Å². The molecule has 1 aliphatic heterocycles. The summed E-state index contributed by atoms with van der Waals surface area (Å²) in [6, 6.07) is 8.22. The van der Waals surface area contributed by atoms with E-state index in [4.69, 9.17) is 4.74 Å². The van der Waals surface area contributed by atoms with Gasteiger partial charge in [-0.25, -0.2) is 0 Å². The van der Waals surface area contributed by atoms with E-state index in [0.29, 0.717) is 5.92 Å². The highest BCUT2D eigenvalue weighted by molar-refractivity contribution is 5.39. The molecule has 0 radical (unpaired) electrons. The Balaban J connectivity index is 1.63. The molecule has 1 aliphatic rings. The molecule has 1 N–H and O–H groups in total. The van der Waals surface area contributed by atoms with E-state index in [-0.39, 0.29) is 5.54 Å². The van der Waals surface area contributed by atoms with Crippen LogP contribution in [0.5, 0.6) is 5.75 Å². The molecule has 0 saturated heterocycles. The quantitative estimate of drug-likeness (QED) is 0.937. The van der Waals surface area contributed by atoms with Gasteiger partial charge in [0.1, 0.15) is 5.75 Å². The summed E-state index contributed by atoms with van der Waals surface area (Å²) in [4.78, 5) is 0. The molecule has 2 heterocycles. The molecule has 2 aromatic rings. The lowest BCUT2D eigenvalue weighted by molar-refractivity contribution is 0.314. The van der Waals surface area contributed by atoms with Crippen LogP contribution in [0.1, 0.15) is 37.9 Å². The summed E-state index contributed by atoms with van der Waals surface area (Å²) in [6.45, 7) is 8.69. The van der Waals surface area contributed by atoms with E-state index in [0.717, 1.165) is 31.1 Å². The molecule has 5 nitrogen and oxygen atoms in total. The number of rotatable bonds is 4. The fourth-order valence-electron chi connectivity index (χ4n) is 2.47. The van der Waals surface area contributed by atoms with Gasteiger partial charge in [0.2, 0.25) is 0 Å². The third kappa shape index (κ3) is 3.42. The van der Waals surface area contributed by atoms with Gasteiger partial charge in [-0.1, -0.05) is 23.4 Å². The lowest BCUT2D eigenvalue weighted by Gasteiger charge is -2.19. The summed E-state index contributed by atoms with van der Waals surface area (Å²) in [6.07, 6.45) is 2.01. The van der Waals surface area contributed by atoms with E-state index in [1.807, 2.05) is 23.0 Å². The number of fused-ring (bicyclic) bond motifs is 1. The van der Waals surface area contributed by atoms with Crippen LogP contribution in [-0.4, -0.2) is 27.1 Å². The first kappa shape index (κ1) is 14.1. The highest BCUT2D eigenvalue weighted by atomic mass is 16.5. The highest BCUT2D eigenvalue weighted by Crippen LogP contribution is 2.34. The second-order valence-electron chi connectivity index (χ2n) is 6.58. The largest absolute Gasteiger partial charge is 0.493 e. The maximum atomic E-state index is 5.71. The standard InChI is InChI=1S/C16H22N4O/c1-16(2,3)17-8-13-10-20(19-18-13)9-12-11-21-15-7-5-4-6-14(12)15/h4-7,10,12,17H,8-9,11H2,1-3H3. The second-order valence-corrected chi connectivity index (χ2v) is 6.58. The van der Waals surface area contributed by atoms with Crippen molar-refractivity contribution in [3.63, 3.8) is 0 Å². The maximum absolute atomic E-state index is 5.71. The average Bonchev–Trinajstić information content (AvgIpc) is 3.04. The van der Waals surface area contributed by atoms with Crippen LogP contribution >= 0.6 is 0 Å². The van der Waals surface area contributed by atoms with Crippen molar-refractivity contribution in [3.05, 3.63) is 41.7 Å². The summed E-state index contributed by atoms with van der Waals surface area (Å²) in [5, 5.41) is 11.9. The molecule has 0 fully saturated rings. The Bertz CT molecular complexity index is 615. The van der Waals surface area contributed by atoms with Crippen molar-refractivity contribution in [2.45, 2.75) is 45.3 Å². The van der Waals surface area contributed by atoms with Crippen LogP contribution in [0.3, 0.4) is 0 Å². The number of hydrogen-bond acceptors (Lipinski definition) is 4. The summed E-state index contributed by atoms with van der Waals surface area (Å²) >= 11 is 0. The van der Waals surface area contributed by atoms with Crippen molar-refractivity contribution >= 4 is 0 Å². The number of aromatic nitrogens is 3. The van der Waals surface area contributed by atoms with Gasteiger partial charge < -0.3 is 10.1 Å². The van der Waals surface area contributed by atoms with Crippen molar-refractivity contribution in [1.29, 1.82) is 0 Å². The molecule has 3 rings (SSSR count). The van der Waals surface area contributed by atoms with E-state index in [1.165, 1.54) is 5.56 Å². The Morgan fingerprint density at radius 1 is 1.33 bits per heavy atom. The fraction of sp³-hybridized carbons (Fsp3) is 0.500. The van der Waals surface area contributed by atoms with Gasteiger partial charge in [-0.3, -0.25) is 4.68 Å². The molecule has 0 amide bonds. The number of para-hydroxylation sites is 1. The molecule has 0 saturated carbocycles. The number of nitrogens with zero attached hydrogens (tertiary/aromatic N) is 3. The number of nitrogens with one attached hydrogen (secondary N) is 1. The van der Waals surface area contributed by atoms with Crippen LogP contribution in [0.4, 0.5) is 0 Å². The highest BCUT2D eigenvalue weighted by Gasteiger charge is 2.24. The first-order valence-corrected chi connectivity index (χ1v) is 7.37. The number of benzene rings is 1. The molecule has 1 aromatic carbocycles. The van der Waals surface area contributed by atoms with Gasteiger partial charge in [-0.05, 0) is 26.8 Å². The average molecular weight is 286 g/mol. The predicted molar refractivity (Wildman–Crippen MR) is 81.3 cm³/mol. The SMILES string of the molecule is CC(C)(C)NCc1cn(CC2COc3ccccc32)nn1. The van der Waals surface area contributed by atoms with Crippen molar-refractivity contribution in [2.24, 2.45) is 0 Å². The minimum Gasteiger partial charge on any atom is -0.493 e. The molecular formula is C16H22N4O. The third-order valence-corrected chi connectivity index (χ3v) is 3.59. The van der Waals surface area contributed by atoms with Crippen molar-refractivity contribution in [1.82, 2.24) is 20.3 Å². The Morgan fingerprint density at radius 2 is 2.14 bits per heavy atom. The normalized spacial score (nSPS) is 17.6. The van der Waals surface area contributed by atoms with Crippen molar-refractivity contribution in [2.75, 3.05) is 6.61 Å². The summed E-state index contributed by atoms with van der Waals surface area (Å²) in [5.74, 6) is 1.35. The first-order chi connectivity index (χ1) is 10.0. The van der Waals surface area contributed by atoms with Crippen molar-refractivity contribution < 1.29 is 4.74 Å². The summed E-state index contributed by atoms with van der Waals surface area (Å²) < 4.78 is 7.62. The Hall–Kier alpha value is -1.88. The number of ether oxygens (including phenoxy) is 1. The Labute approximate surface area is 125 Å².